The highest BCUT2D eigenvalue weighted by atomic mass is 16.5. The van der Waals surface area contributed by atoms with E-state index in [1.807, 2.05) is 24.3 Å². The molecule has 17 heavy (non-hydrogen) atoms. The smallest absolute Gasteiger partial charge is 0.167 e. The average molecular weight is 222 g/mol. The van der Waals surface area contributed by atoms with Crippen LogP contribution in [0.25, 0.3) is 5.57 Å². The molecule has 3 nitrogen and oxygen atoms in total. The van der Waals surface area contributed by atoms with Crippen LogP contribution in [-0.4, -0.2) is 5.16 Å². The van der Waals surface area contributed by atoms with Crippen LogP contribution in [0.3, 0.4) is 0 Å². The van der Waals surface area contributed by atoms with Gasteiger partial charge in [-0.2, -0.15) is 5.26 Å². The molecule has 0 saturated carbocycles. The minimum Gasteiger partial charge on any atom is -0.356 e. The molecule has 0 fully saturated rings. The molecule has 0 unspecified atom stereocenters. The van der Waals surface area contributed by atoms with Crippen molar-refractivity contribution in [3.05, 3.63) is 59.0 Å². The van der Waals surface area contributed by atoms with Crippen molar-refractivity contribution in [2.24, 2.45) is 0 Å². The van der Waals surface area contributed by atoms with Crippen LogP contribution in [0.15, 0.2) is 41.1 Å². The summed E-state index contributed by atoms with van der Waals surface area (Å²) in [6.45, 7) is 0. The summed E-state index contributed by atoms with van der Waals surface area (Å²) in [5.41, 5.74) is 4.14. The van der Waals surface area contributed by atoms with Crippen molar-refractivity contribution in [1.29, 1.82) is 5.26 Å². The first-order valence-electron chi connectivity index (χ1n) is 5.53. The molecule has 0 N–H and O–H groups in total. The van der Waals surface area contributed by atoms with Gasteiger partial charge in [0.05, 0.1) is 17.8 Å². The van der Waals surface area contributed by atoms with Gasteiger partial charge in [-0.05, 0) is 36.1 Å². The highest BCUT2D eigenvalue weighted by Gasteiger charge is 2.16. The fraction of sp³-hybridized carbons (Fsp3) is 0.143. The van der Waals surface area contributed by atoms with Gasteiger partial charge < -0.3 is 4.52 Å². The van der Waals surface area contributed by atoms with E-state index in [0.29, 0.717) is 5.56 Å². The summed E-state index contributed by atoms with van der Waals surface area (Å²) < 4.78 is 5.20. The Kier molecular flexibility index (Phi) is 2.27. The fourth-order valence-electron chi connectivity index (χ4n) is 2.20. The van der Waals surface area contributed by atoms with Crippen LogP contribution in [0.1, 0.15) is 28.9 Å². The van der Waals surface area contributed by atoms with Crippen LogP contribution in [0.4, 0.5) is 0 Å². The number of hydrogen-bond acceptors (Lipinski definition) is 3. The van der Waals surface area contributed by atoms with Gasteiger partial charge >= 0.3 is 0 Å². The van der Waals surface area contributed by atoms with Crippen molar-refractivity contribution in [3.63, 3.8) is 0 Å². The number of allylic oxidation sites excluding steroid dienone is 1. The number of nitrogens with zero attached hydrogens (tertiary/aromatic N) is 2. The maximum atomic E-state index is 8.90. The van der Waals surface area contributed by atoms with E-state index in [9.17, 15) is 0 Å². The fourth-order valence-corrected chi connectivity index (χ4v) is 2.20. The Labute approximate surface area is 99.0 Å². The van der Waals surface area contributed by atoms with Gasteiger partial charge in [-0.25, -0.2) is 0 Å². The van der Waals surface area contributed by atoms with Gasteiger partial charge in [-0.15, -0.1) is 0 Å². The molecule has 0 spiro atoms. The van der Waals surface area contributed by atoms with E-state index >= 15 is 0 Å². The van der Waals surface area contributed by atoms with Gasteiger partial charge in [0.15, 0.2) is 5.76 Å². The zero-order chi connectivity index (χ0) is 11.7. The molecule has 1 aromatic carbocycles. The number of nitriles is 1. The predicted molar refractivity (Wildman–Crippen MR) is 63.1 cm³/mol. The van der Waals surface area contributed by atoms with Gasteiger partial charge in [0.2, 0.25) is 0 Å². The summed E-state index contributed by atoms with van der Waals surface area (Å²) in [7, 11) is 0. The van der Waals surface area contributed by atoms with E-state index in [1.165, 1.54) is 5.56 Å². The predicted octanol–water partition coefficient (Wildman–Crippen LogP) is 2.92. The topological polar surface area (TPSA) is 49.8 Å². The number of hydrogen-bond donors (Lipinski definition) is 0. The van der Waals surface area contributed by atoms with E-state index in [-0.39, 0.29) is 0 Å². The molecule has 82 valence electrons. The molecule has 0 atom stereocenters. The standard InChI is InChI=1S/C14H10N2O/c15-9-10-4-5-12-11(8-10)2-1-3-13(12)14-6-7-16-17-14/h3-8H,1-2H2. The lowest BCUT2D eigenvalue weighted by Gasteiger charge is -2.15. The quantitative estimate of drug-likeness (QED) is 0.745. The Morgan fingerprint density at radius 2 is 2.24 bits per heavy atom. The zero-order valence-corrected chi connectivity index (χ0v) is 9.18. The molecule has 1 aromatic heterocycles. The van der Waals surface area contributed by atoms with Crippen molar-refractivity contribution in [1.82, 2.24) is 5.16 Å². The number of benzene rings is 1. The largest absolute Gasteiger partial charge is 0.356 e. The van der Waals surface area contributed by atoms with Gasteiger partial charge in [-0.1, -0.05) is 17.3 Å². The lowest BCUT2D eigenvalue weighted by molar-refractivity contribution is 0.410. The van der Waals surface area contributed by atoms with E-state index < -0.39 is 0 Å². The number of aromatic nitrogens is 1. The highest BCUT2D eigenvalue weighted by Crippen LogP contribution is 2.31. The Hall–Kier alpha value is -2.34. The normalized spacial score (nSPS) is 13.7. The molecule has 1 aliphatic rings. The van der Waals surface area contributed by atoms with Gasteiger partial charge in [0.25, 0.3) is 0 Å². The van der Waals surface area contributed by atoms with Crippen LogP contribution < -0.4 is 0 Å². The Bertz CT molecular complexity index is 618. The van der Waals surface area contributed by atoms with Crippen LogP contribution in [0, 0.1) is 11.3 Å². The zero-order valence-electron chi connectivity index (χ0n) is 9.18. The highest BCUT2D eigenvalue weighted by molar-refractivity contribution is 5.80. The molecular formula is C14H10N2O. The summed E-state index contributed by atoms with van der Waals surface area (Å²) >= 11 is 0. The van der Waals surface area contributed by atoms with Crippen LogP contribution >= 0.6 is 0 Å². The second-order valence-electron chi connectivity index (χ2n) is 4.02. The van der Waals surface area contributed by atoms with Crippen LogP contribution in [0.2, 0.25) is 0 Å². The Morgan fingerprint density at radius 1 is 1.29 bits per heavy atom. The van der Waals surface area contributed by atoms with Crippen LogP contribution in [-0.2, 0) is 6.42 Å². The Balaban J connectivity index is 2.12. The molecule has 0 saturated heterocycles. The number of rotatable bonds is 1. The average Bonchev–Trinajstić information content (AvgIpc) is 2.91. The molecule has 0 aliphatic heterocycles. The third-order valence-electron chi connectivity index (χ3n) is 2.99. The monoisotopic (exact) mass is 222 g/mol. The first-order valence-corrected chi connectivity index (χ1v) is 5.53. The van der Waals surface area contributed by atoms with Gasteiger partial charge in [0.1, 0.15) is 0 Å². The lowest BCUT2D eigenvalue weighted by atomic mass is 9.88. The molecule has 2 aromatic rings. The first-order chi connectivity index (χ1) is 8.38. The molecule has 0 bridgehead atoms. The van der Waals surface area contributed by atoms with E-state index in [4.69, 9.17) is 9.78 Å². The second-order valence-corrected chi connectivity index (χ2v) is 4.02. The molecule has 3 heteroatoms. The molecular weight excluding hydrogens is 212 g/mol. The molecule has 3 rings (SSSR count). The van der Waals surface area contributed by atoms with Crippen LogP contribution in [0.5, 0.6) is 0 Å². The van der Waals surface area contributed by atoms with Crippen molar-refractivity contribution in [2.75, 3.05) is 0 Å². The van der Waals surface area contributed by atoms with E-state index in [0.717, 1.165) is 29.7 Å². The van der Waals surface area contributed by atoms with Gasteiger partial charge in [-0.3, -0.25) is 0 Å². The SMILES string of the molecule is N#Cc1ccc2c(c1)CCC=C2c1ccno1. The molecule has 0 amide bonds. The second kappa shape index (κ2) is 3.91. The number of aryl methyl sites for hydroxylation is 1. The maximum Gasteiger partial charge on any atom is 0.167 e. The van der Waals surface area contributed by atoms with Crippen molar-refractivity contribution in [3.8, 4) is 6.07 Å². The Morgan fingerprint density at radius 3 is 3.00 bits per heavy atom. The van der Waals surface area contributed by atoms with E-state index in [1.54, 1.807) is 6.20 Å². The summed E-state index contributed by atoms with van der Waals surface area (Å²) in [6.07, 6.45) is 5.75. The minimum atomic E-state index is 0.711. The third kappa shape index (κ3) is 1.64. The summed E-state index contributed by atoms with van der Waals surface area (Å²) in [4.78, 5) is 0. The first kappa shape index (κ1) is 9.86. The minimum absolute atomic E-state index is 0.711. The maximum absolute atomic E-state index is 8.90. The lowest BCUT2D eigenvalue weighted by Crippen LogP contribution is -2.00. The summed E-state index contributed by atoms with van der Waals surface area (Å²) in [5, 5.41) is 12.6. The number of fused-ring (bicyclic) bond motifs is 1. The molecule has 1 heterocycles. The summed E-state index contributed by atoms with van der Waals surface area (Å²) in [5.74, 6) is 0.788. The van der Waals surface area contributed by atoms with Crippen molar-refractivity contribution >= 4 is 5.57 Å². The molecule has 1 aliphatic carbocycles. The van der Waals surface area contributed by atoms with Gasteiger partial charge in [0, 0.05) is 11.6 Å². The van der Waals surface area contributed by atoms with Crippen molar-refractivity contribution < 1.29 is 4.52 Å². The molecule has 0 radical (unpaired) electrons. The van der Waals surface area contributed by atoms with E-state index in [2.05, 4.69) is 17.3 Å². The summed E-state index contributed by atoms with van der Waals surface area (Å²) in [6, 6.07) is 9.82. The third-order valence-corrected chi connectivity index (χ3v) is 2.99. The van der Waals surface area contributed by atoms with Crippen molar-refractivity contribution in [2.45, 2.75) is 12.8 Å².